The van der Waals surface area contributed by atoms with E-state index in [1.165, 1.54) is 12.1 Å². The van der Waals surface area contributed by atoms with Gasteiger partial charge in [0.15, 0.2) is 0 Å². The molecule has 6 nitrogen and oxygen atoms in total. The van der Waals surface area contributed by atoms with Crippen LogP contribution in [0.4, 0.5) is 29.5 Å². The van der Waals surface area contributed by atoms with Crippen LogP contribution in [0.25, 0.3) is 0 Å². The number of nitrogens with one attached hydrogen (secondary N) is 1. The number of halogens is 3. The fourth-order valence-electron chi connectivity index (χ4n) is 3.69. The lowest BCUT2D eigenvalue weighted by atomic mass is 10.0. The van der Waals surface area contributed by atoms with Crippen molar-refractivity contribution in [1.29, 1.82) is 0 Å². The van der Waals surface area contributed by atoms with E-state index in [2.05, 4.69) is 34.0 Å². The second kappa shape index (κ2) is 8.49. The van der Waals surface area contributed by atoms with Crippen molar-refractivity contribution in [3.05, 3.63) is 46.9 Å². The minimum absolute atomic E-state index is 0.279. The van der Waals surface area contributed by atoms with E-state index in [1.807, 2.05) is 13.8 Å². The van der Waals surface area contributed by atoms with Crippen molar-refractivity contribution in [2.45, 2.75) is 39.8 Å². The minimum atomic E-state index is -4.40. The van der Waals surface area contributed by atoms with Crippen LogP contribution in [0.3, 0.4) is 0 Å². The van der Waals surface area contributed by atoms with Gasteiger partial charge in [-0.1, -0.05) is 13.8 Å². The molecular weight excluding hydrogens is 395 g/mol. The number of hydrogen-bond acceptors (Lipinski definition) is 4. The summed E-state index contributed by atoms with van der Waals surface area (Å²) in [6.07, 6.45) is -4.40. The number of nitrogens with zero attached hydrogens (tertiary/aromatic N) is 4. The number of anilines is 2. The van der Waals surface area contributed by atoms with Crippen LogP contribution in [-0.4, -0.2) is 47.1 Å². The molecule has 1 aliphatic heterocycles. The molecule has 0 atom stereocenters. The van der Waals surface area contributed by atoms with Gasteiger partial charge in [0.25, 0.3) is 0 Å². The first-order chi connectivity index (χ1) is 14.1. The average Bonchev–Trinajstić information content (AvgIpc) is 2.66. The van der Waals surface area contributed by atoms with Crippen LogP contribution in [0, 0.1) is 13.8 Å². The number of aryl methyl sites for hydroxylation is 2. The normalized spacial score (nSPS) is 14.9. The summed E-state index contributed by atoms with van der Waals surface area (Å²) >= 11 is 0. The van der Waals surface area contributed by atoms with Gasteiger partial charge in [-0.25, -0.2) is 14.8 Å². The zero-order valence-corrected chi connectivity index (χ0v) is 17.5. The molecule has 9 heteroatoms. The number of hydrogen-bond donors (Lipinski definition) is 1. The molecule has 162 valence electrons. The van der Waals surface area contributed by atoms with Crippen molar-refractivity contribution in [3.63, 3.8) is 0 Å². The molecule has 2 amide bonds. The van der Waals surface area contributed by atoms with Gasteiger partial charge in [0.1, 0.15) is 11.6 Å². The van der Waals surface area contributed by atoms with Gasteiger partial charge in [0.2, 0.25) is 0 Å². The number of benzene rings is 1. The van der Waals surface area contributed by atoms with Crippen LogP contribution in [0.2, 0.25) is 0 Å². The van der Waals surface area contributed by atoms with Crippen molar-refractivity contribution in [3.8, 4) is 0 Å². The average molecular weight is 421 g/mol. The maximum Gasteiger partial charge on any atom is 0.416 e. The van der Waals surface area contributed by atoms with Gasteiger partial charge in [-0.3, -0.25) is 0 Å². The molecule has 0 bridgehead atoms. The van der Waals surface area contributed by atoms with Crippen LogP contribution in [0.5, 0.6) is 0 Å². The summed E-state index contributed by atoms with van der Waals surface area (Å²) in [5, 5.41) is 2.67. The first kappa shape index (κ1) is 21.9. The number of carbonyl (C=O) groups is 1. The number of aromatic nitrogens is 2. The lowest BCUT2D eigenvalue weighted by molar-refractivity contribution is -0.137. The molecule has 1 aliphatic rings. The van der Waals surface area contributed by atoms with Gasteiger partial charge < -0.3 is 15.1 Å². The molecule has 2 heterocycles. The first-order valence-corrected chi connectivity index (χ1v) is 9.89. The van der Waals surface area contributed by atoms with Crippen LogP contribution in [0.15, 0.2) is 24.3 Å². The van der Waals surface area contributed by atoms with Crippen LogP contribution < -0.4 is 10.2 Å². The largest absolute Gasteiger partial charge is 0.416 e. The highest BCUT2D eigenvalue weighted by Gasteiger charge is 2.30. The second-order valence-electron chi connectivity index (χ2n) is 7.73. The molecule has 0 spiro atoms. The van der Waals surface area contributed by atoms with Gasteiger partial charge in [0, 0.05) is 43.1 Å². The molecule has 0 radical (unpaired) electrons. The van der Waals surface area contributed by atoms with E-state index < -0.39 is 11.7 Å². The predicted molar refractivity (Wildman–Crippen MR) is 110 cm³/mol. The van der Waals surface area contributed by atoms with E-state index in [1.54, 1.807) is 4.90 Å². The zero-order valence-electron chi connectivity index (χ0n) is 17.5. The highest BCUT2D eigenvalue weighted by molar-refractivity contribution is 5.89. The quantitative estimate of drug-likeness (QED) is 0.788. The Kier molecular flexibility index (Phi) is 6.19. The molecular formula is C21H26F3N5O. The summed E-state index contributed by atoms with van der Waals surface area (Å²) in [6, 6.07) is 4.12. The molecule has 1 N–H and O–H groups in total. The molecule has 30 heavy (non-hydrogen) atoms. The van der Waals surface area contributed by atoms with E-state index in [0.29, 0.717) is 31.9 Å². The van der Waals surface area contributed by atoms with Gasteiger partial charge in [-0.15, -0.1) is 0 Å². The van der Waals surface area contributed by atoms with Crippen molar-refractivity contribution in [2.75, 3.05) is 36.4 Å². The topological polar surface area (TPSA) is 61.4 Å². The fraction of sp³-hybridized carbons (Fsp3) is 0.476. The Hall–Kier alpha value is -2.84. The zero-order chi connectivity index (χ0) is 22.1. The van der Waals surface area contributed by atoms with Crippen LogP contribution >= 0.6 is 0 Å². The minimum Gasteiger partial charge on any atom is -0.353 e. The Morgan fingerprint density at radius 1 is 1.03 bits per heavy atom. The summed E-state index contributed by atoms with van der Waals surface area (Å²) in [7, 11) is 0. The molecule has 0 unspecified atom stereocenters. The Bertz CT molecular complexity index is 904. The van der Waals surface area contributed by atoms with Crippen LogP contribution in [-0.2, 0) is 6.18 Å². The summed E-state index contributed by atoms with van der Waals surface area (Å²) in [4.78, 5) is 25.5. The van der Waals surface area contributed by atoms with Crippen molar-refractivity contribution < 1.29 is 18.0 Å². The third kappa shape index (κ3) is 4.83. The van der Waals surface area contributed by atoms with E-state index in [0.717, 1.165) is 35.0 Å². The molecule has 0 aliphatic carbocycles. The molecule has 1 fully saturated rings. The molecule has 3 rings (SSSR count). The van der Waals surface area contributed by atoms with E-state index in [9.17, 15) is 18.0 Å². The van der Waals surface area contributed by atoms with Gasteiger partial charge in [-0.05, 0) is 44.0 Å². The highest BCUT2D eigenvalue weighted by Crippen LogP contribution is 2.30. The molecule has 1 saturated heterocycles. The van der Waals surface area contributed by atoms with Crippen LogP contribution in [0.1, 0.15) is 42.4 Å². The standard InChI is InChI=1S/C21H26F3N5O/c1-13(2)18-14(3)25-15(4)26-19(18)28-9-11-29(12-10-28)20(30)27-17-7-5-16(6-8-17)21(22,23)24/h5-8,13H,9-12H2,1-4H3,(H,27,30). The number of carbonyl (C=O) groups excluding carboxylic acids is 1. The summed E-state index contributed by atoms with van der Waals surface area (Å²) in [5.74, 6) is 1.91. The Morgan fingerprint density at radius 2 is 1.63 bits per heavy atom. The molecule has 2 aromatic rings. The number of alkyl halides is 3. The fourth-order valence-corrected chi connectivity index (χ4v) is 3.69. The summed E-state index contributed by atoms with van der Waals surface area (Å²) in [5.41, 5.74) is 1.67. The number of amides is 2. The Morgan fingerprint density at radius 3 is 2.17 bits per heavy atom. The summed E-state index contributed by atoms with van der Waals surface area (Å²) < 4.78 is 38.0. The molecule has 0 saturated carbocycles. The number of rotatable bonds is 3. The summed E-state index contributed by atoms with van der Waals surface area (Å²) in [6.45, 7) is 10.3. The van der Waals surface area contributed by atoms with Crippen molar-refractivity contribution >= 4 is 17.5 Å². The number of urea groups is 1. The van der Waals surface area contributed by atoms with E-state index in [4.69, 9.17) is 0 Å². The lowest BCUT2D eigenvalue weighted by Gasteiger charge is -2.36. The maximum atomic E-state index is 12.7. The Labute approximate surface area is 174 Å². The maximum absolute atomic E-state index is 12.7. The molecule has 1 aromatic carbocycles. The van der Waals surface area contributed by atoms with Crippen molar-refractivity contribution in [1.82, 2.24) is 14.9 Å². The predicted octanol–water partition coefficient (Wildman–Crippen LogP) is 4.59. The highest BCUT2D eigenvalue weighted by atomic mass is 19.4. The smallest absolute Gasteiger partial charge is 0.353 e. The lowest BCUT2D eigenvalue weighted by Crippen LogP contribution is -2.50. The number of piperazine rings is 1. The molecule has 1 aromatic heterocycles. The van der Waals surface area contributed by atoms with Crippen molar-refractivity contribution in [2.24, 2.45) is 0 Å². The monoisotopic (exact) mass is 421 g/mol. The SMILES string of the molecule is Cc1nc(C)c(C(C)C)c(N2CCN(C(=O)Nc3ccc(C(F)(F)F)cc3)CC2)n1. The van der Waals surface area contributed by atoms with E-state index >= 15 is 0 Å². The first-order valence-electron chi connectivity index (χ1n) is 9.89. The van der Waals surface area contributed by atoms with E-state index in [-0.39, 0.29) is 11.9 Å². The van der Waals surface area contributed by atoms with Gasteiger partial charge in [-0.2, -0.15) is 13.2 Å². The van der Waals surface area contributed by atoms with Gasteiger partial charge >= 0.3 is 12.2 Å². The Balaban J connectivity index is 1.64. The third-order valence-corrected chi connectivity index (χ3v) is 5.14. The van der Waals surface area contributed by atoms with Gasteiger partial charge in [0.05, 0.1) is 5.56 Å². The third-order valence-electron chi connectivity index (χ3n) is 5.14. The second-order valence-corrected chi connectivity index (χ2v) is 7.73.